The van der Waals surface area contributed by atoms with Gasteiger partial charge < -0.3 is 15.7 Å². The van der Waals surface area contributed by atoms with Crippen LogP contribution in [0, 0.1) is 5.82 Å². The molecular weight excluding hydrogens is 297 g/mol. The van der Waals surface area contributed by atoms with Gasteiger partial charge >= 0.3 is 12.0 Å². The van der Waals surface area contributed by atoms with E-state index < -0.39 is 23.4 Å². The van der Waals surface area contributed by atoms with Crippen molar-refractivity contribution in [1.29, 1.82) is 0 Å². The summed E-state index contributed by atoms with van der Waals surface area (Å²) in [5, 5.41) is 16.5. The Morgan fingerprint density at radius 3 is 2.86 bits per heavy atom. The highest BCUT2D eigenvalue weighted by Crippen LogP contribution is 2.18. The van der Waals surface area contributed by atoms with E-state index >= 15 is 0 Å². The van der Waals surface area contributed by atoms with Gasteiger partial charge in [0.2, 0.25) is 0 Å². The Bertz CT molecular complexity index is 646. The average Bonchev–Trinajstić information content (AvgIpc) is 2.91. The smallest absolute Gasteiger partial charge is 0.340 e. The lowest BCUT2D eigenvalue weighted by molar-refractivity contribution is 0.0693. The third-order valence-electron chi connectivity index (χ3n) is 2.58. The largest absolute Gasteiger partial charge is 0.478 e. The molecule has 0 aliphatic rings. The number of carboxylic acid groups (broad SMARTS) is 1. The fourth-order valence-electron chi connectivity index (χ4n) is 1.67. The number of carbonyl (C=O) groups is 2. The van der Waals surface area contributed by atoms with Crippen LogP contribution < -0.4 is 10.6 Å². The molecule has 0 radical (unpaired) electrons. The average molecular weight is 309 g/mol. The molecule has 0 spiro atoms. The van der Waals surface area contributed by atoms with Crippen LogP contribution in [0.2, 0.25) is 0 Å². The van der Waals surface area contributed by atoms with Gasteiger partial charge in [-0.05, 0) is 12.1 Å². The summed E-state index contributed by atoms with van der Waals surface area (Å²) >= 11 is 1.48. The van der Waals surface area contributed by atoms with Gasteiger partial charge in [0.05, 0.1) is 10.7 Å². The minimum Gasteiger partial charge on any atom is -0.478 e. The molecule has 0 atom stereocenters. The Balaban J connectivity index is 1.93. The van der Waals surface area contributed by atoms with E-state index in [-0.39, 0.29) is 5.69 Å². The van der Waals surface area contributed by atoms with Crippen LogP contribution in [0.1, 0.15) is 15.4 Å². The lowest BCUT2D eigenvalue weighted by Crippen LogP contribution is -2.31. The van der Waals surface area contributed by atoms with Crippen molar-refractivity contribution in [3.8, 4) is 0 Å². The Labute approximate surface area is 123 Å². The van der Waals surface area contributed by atoms with Crippen LogP contribution in [-0.2, 0) is 6.42 Å². The number of urea groups is 1. The molecule has 3 N–H and O–H groups in total. The highest BCUT2D eigenvalue weighted by molar-refractivity contribution is 7.09. The summed E-state index contributed by atoms with van der Waals surface area (Å²) in [6, 6.07) is 3.08. The lowest BCUT2D eigenvalue weighted by Gasteiger charge is -2.10. The second-order valence-corrected chi connectivity index (χ2v) is 5.00. The van der Waals surface area contributed by atoms with E-state index in [0.717, 1.165) is 11.1 Å². The van der Waals surface area contributed by atoms with E-state index in [2.05, 4.69) is 15.6 Å². The number of carbonyl (C=O) groups excluding carboxylic acids is 1. The number of aromatic nitrogens is 1. The number of halogens is 1. The van der Waals surface area contributed by atoms with Gasteiger partial charge in [0.15, 0.2) is 0 Å². The van der Waals surface area contributed by atoms with E-state index in [0.29, 0.717) is 13.0 Å². The number of nitrogens with zero attached hydrogens (tertiary/aromatic N) is 1. The molecule has 1 heterocycles. The summed E-state index contributed by atoms with van der Waals surface area (Å²) in [7, 11) is 0. The molecule has 21 heavy (non-hydrogen) atoms. The van der Waals surface area contributed by atoms with Crippen LogP contribution >= 0.6 is 11.3 Å². The van der Waals surface area contributed by atoms with Crippen LogP contribution in [-0.4, -0.2) is 28.6 Å². The molecule has 0 saturated carbocycles. The number of hydrogen-bond donors (Lipinski definition) is 3. The number of aromatic carboxylic acids is 1. The molecule has 2 amide bonds. The van der Waals surface area contributed by atoms with Gasteiger partial charge in [-0.3, -0.25) is 0 Å². The van der Waals surface area contributed by atoms with E-state index in [1.165, 1.54) is 23.5 Å². The number of anilines is 1. The summed E-state index contributed by atoms with van der Waals surface area (Å²) in [4.78, 5) is 26.7. The molecule has 0 saturated heterocycles. The fraction of sp³-hybridized carbons (Fsp3) is 0.154. The molecule has 2 rings (SSSR count). The maximum atomic E-state index is 13.4. The van der Waals surface area contributed by atoms with Gasteiger partial charge in [0.1, 0.15) is 11.4 Å². The van der Waals surface area contributed by atoms with Crippen molar-refractivity contribution in [2.45, 2.75) is 6.42 Å². The quantitative estimate of drug-likeness (QED) is 0.790. The van der Waals surface area contributed by atoms with Crippen LogP contribution in [0.4, 0.5) is 14.9 Å². The zero-order valence-corrected chi connectivity index (χ0v) is 11.6. The van der Waals surface area contributed by atoms with Gasteiger partial charge in [0.25, 0.3) is 0 Å². The molecule has 1 aromatic carbocycles. The van der Waals surface area contributed by atoms with Crippen LogP contribution in [0.15, 0.2) is 29.8 Å². The first-order valence-corrected chi connectivity index (χ1v) is 6.91. The first-order valence-electron chi connectivity index (χ1n) is 6.03. The number of nitrogens with one attached hydrogen (secondary N) is 2. The Kier molecular flexibility index (Phi) is 4.83. The Hall–Kier alpha value is -2.48. The molecule has 6 nitrogen and oxygen atoms in total. The SMILES string of the molecule is O=C(NCCc1nccs1)Nc1cccc(F)c1C(=O)O. The normalized spacial score (nSPS) is 10.1. The van der Waals surface area contributed by atoms with Gasteiger partial charge in [0, 0.05) is 24.5 Å². The third-order valence-corrected chi connectivity index (χ3v) is 3.42. The molecular formula is C13H12FN3O3S. The molecule has 0 fully saturated rings. The standard InChI is InChI=1S/C13H12FN3O3S/c14-8-2-1-3-9(11(8)12(18)19)17-13(20)16-5-4-10-15-6-7-21-10/h1-3,6-7H,4-5H2,(H,18,19)(H2,16,17,20). The first kappa shape index (κ1) is 14.9. The minimum atomic E-state index is -1.44. The highest BCUT2D eigenvalue weighted by atomic mass is 32.1. The molecule has 0 bridgehead atoms. The van der Waals surface area contributed by atoms with E-state index in [1.54, 1.807) is 6.20 Å². The van der Waals surface area contributed by atoms with Crippen molar-refractivity contribution in [1.82, 2.24) is 10.3 Å². The molecule has 0 aliphatic heterocycles. The lowest BCUT2D eigenvalue weighted by atomic mass is 10.1. The van der Waals surface area contributed by atoms with Crippen molar-refractivity contribution in [2.75, 3.05) is 11.9 Å². The second kappa shape index (κ2) is 6.80. The number of carboxylic acids is 1. The molecule has 0 unspecified atom stereocenters. The second-order valence-electron chi connectivity index (χ2n) is 4.02. The molecule has 0 aliphatic carbocycles. The van der Waals surface area contributed by atoms with Gasteiger partial charge in [-0.1, -0.05) is 6.07 Å². The maximum absolute atomic E-state index is 13.4. The fourth-order valence-corrected chi connectivity index (χ4v) is 2.29. The predicted octanol–water partition coefficient (Wildman–Crippen LogP) is 2.34. The molecule has 1 aromatic heterocycles. The number of thiazole rings is 1. The number of rotatable bonds is 5. The minimum absolute atomic E-state index is 0.0887. The third kappa shape index (κ3) is 3.99. The summed E-state index contributed by atoms with van der Waals surface area (Å²) < 4.78 is 13.4. The van der Waals surface area contributed by atoms with Crippen molar-refractivity contribution in [3.63, 3.8) is 0 Å². The highest BCUT2D eigenvalue weighted by Gasteiger charge is 2.17. The van der Waals surface area contributed by atoms with Crippen molar-refractivity contribution >= 4 is 29.0 Å². The maximum Gasteiger partial charge on any atom is 0.340 e. The molecule has 110 valence electrons. The van der Waals surface area contributed by atoms with Crippen LogP contribution in [0.25, 0.3) is 0 Å². The van der Waals surface area contributed by atoms with E-state index in [1.807, 2.05) is 5.38 Å². The van der Waals surface area contributed by atoms with Gasteiger partial charge in [-0.15, -0.1) is 11.3 Å². The Morgan fingerprint density at radius 1 is 1.38 bits per heavy atom. The molecule has 2 aromatic rings. The van der Waals surface area contributed by atoms with E-state index in [9.17, 15) is 14.0 Å². The zero-order valence-electron chi connectivity index (χ0n) is 10.8. The van der Waals surface area contributed by atoms with Crippen molar-refractivity contribution < 1.29 is 19.1 Å². The summed E-state index contributed by atoms with van der Waals surface area (Å²) in [5.74, 6) is -2.34. The number of benzene rings is 1. The van der Waals surface area contributed by atoms with Crippen LogP contribution in [0.3, 0.4) is 0 Å². The molecule has 8 heteroatoms. The topological polar surface area (TPSA) is 91.3 Å². The van der Waals surface area contributed by atoms with Crippen LogP contribution in [0.5, 0.6) is 0 Å². The zero-order chi connectivity index (χ0) is 15.2. The Morgan fingerprint density at radius 2 is 2.19 bits per heavy atom. The summed E-state index contributed by atoms with van der Waals surface area (Å²) in [6.45, 7) is 0.344. The number of hydrogen-bond acceptors (Lipinski definition) is 4. The summed E-state index contributed by atoms with van der Waals surface area (Å²) in [6.07, 6.45) is 2.24. The van der Waals surface area contributed by atoms with Crippen molar-refractivity contribution in [3.05, 3.63) is 46.2 Å². The van der Waals surface area contributed by atoms with E-state index in [4.69, 9.17) is 5.11 Å². The van der Waals surface area contributed by atoms with Gasteiger partial charge in [-0.2, -0.15) is 0 Å². The van der Waals surface area contributed by atoms with Gasteiger partial charge in [-0.25, -0.2) is 19.0 Å². The summed E-state index contributed by atoms with van der Waals surface area (Å²) in [5.41, 5.74) is -0.651. The first-order chi connectivity index (χ1) is 10.1. The monoisotopic (exact) mass is 309 g/mol. The van der Waals surface area contributed by atoms with Crippen molar-refractivity contribution in [2.24, 2.45) is 0 Å². The predicted molar refractivity (Wildman–Crippen MR) is 76.2 cm³/mol. The number of amides is 2.